The van der Waals surface area contributed by atoms with E-state index in [0.717, 1.165) is 13.2 Å². The van der Waals surface area contributed by atoms with E-state index in [4.69, 9.17) is 9.47 Å². The van der Waals surface area contributed by atoms with Crippen LogP contribution in [0.15, 0.2) is 0 Å². The standard InChI is InChI=1S/C11H23NO2/c1-4-14-8-9(2)12-10-6-5-7-11(10)13-3/h9-12H,4-8H2,1-3H3. The molecule has 0 aromatic rings. The van der Waals surface area contributed by atoms with Gasteiger partial charge in [0.2, 0.25) is 0 Å². The minimum Gasteiger partial charge on any atom is -0.380 e. The molecule has 1 rings (SSSR count). The Labute approximate surface area is 87.2 Å². The second kappa shape index (κ2) is 6.38. The van der Waals surface area contributed by atoms with E-state index in [9.17, 15) is 0 Å². The summed E-state index contributed by atoms with van der Waals surface area (Å²) in [6, 6.07) is 0.950. The van der Waals surface area contributed by atoms with Crippen LogP contribution in [-0.2, 0) is 9.47 Å². The third kappa shape index (κ3) is 3.56. The van der Waals surface area contributed by atoms with Crippen LogP contribution in [0.2, 0.25) is 0 Å². The molecule has 0 bridgehead atoms. The van der Waals surface area contributed by atoms with Gasteiger partial charge in [0.05, 0.1) is 12.7 Å². The van der Waals surface area contributed by atoms with Crippen molar-refractivity contribution in [3.8, 4) is 0 Å². The fourth-order valence-corrected chi connectivity index (χ4v) is 2.11. The van der Waals surface area contributed by atoms with Crippen LogP contribution in [0, 0.1) is 0 Å². The lowest BCUT2D eigenvalue weighted by molar-refractivity contribution is 0.0702. The van der Waals surface area contributed by atoms with E-state index >= 15 is 0 Å². The van der Waals surface area contributed by atoms with Crippen LogP contribution in [0.1, 0.15) is 33.1 Å². The van der Waals surface area contributed by atoms with Gasteiger partial charge in [-0.2, -0.15) is 0 Å². The molecule has 1 N–H and O–H groups in total. The van der Waals surface area contributed by atoms with Gasteiger partial charge in [0.15, 0.2) is 0 Å². The van der Waals surface area contributed by atoms with E-state index in [1.165, 1.54) is 19.3 Å². The Morgan fingerprint density at radius 2 is 2.21 bits per heavy atom. The normalized spacial score (nSPS) is 29.4. The molecule has 3 nitrogen and oxygen atoms in total. The molecule has 0 aromatic carbocycles. The lowest BCUT2D eigenvalue weighted by Gasteiger charge is -2.23. The van der Waals surface area contributed by atoms with Crippen LogP contribution in [0.5, 0.6) is 0 Å². The molecule has 1 aliphatic rings. The van der Waals surface area contributed by atoms with Crippen molar-refractivity contribution in [2.45, 2.75) is 51.3 Å². The Bertz CT molecular complexity index is 152. The highest BCUT2D eigenvalue weighted by Gasteiger charge is 2.27. The van der Waals surface area contributed by atoms with Gasteiger partial charge in [-0.3, -0.25) is 0 Å². The van der Waals surface area contributed by atoms with Crippen molar-refractivity contribution in [2.24, 2.45) is 0 Å². The van der Waals surface area contributed by atoms with Crippen molar-refractivity contribution < 1.29 is 9.47 Å². The molecule has 0 heterocycles. The van der Waals surface area contributed by atoms with E-state index < -0.39 is 0 Å². The minimum absolute atomic E-state index is 0.402. The monoisotopic (exact) mass is 201 g/mol. The molecule has 0 aliphatic heterocycles. The first-order chi connectivity index (χ1) is 6.77. The van der Waals surface area contributed by atoms with Gasteiger partial charge in [-0.05, 0) is 33.1 Å². The van der Waals surface area contributed by atoms with Gasteiger partial charge in [-0.25, -0.2) is 0 Å². The Hall–Kier alpha value is -0.120. The summed E-state index contributed by atoms with van der Waals surface area (Å²) in [4.78, 5) is 0. The van der Waals surface area contributed by atoms with Crippen molar-refractivity contribution in [1.82, 2.24) is 5.32 Å². The first-order valence-electron chi connectivity index (χ1n) is 5.64. The maximum absolute atomic E-state index is 5.43. The molecule has 3 atom stereocenters. The molecule has 0 radical (unpaired) electrons. The SMILES string of the molecule is CCOCC(C)NC1CCCC1OC. The van der Waals surface area contributed by atoms with Gasteiger partial charge in [-0.15, -0.1) is 0 Å². The molecule has 0 spiro atoms. The molecule has 3 unspecified atom stereocenters. The number of hydrogen-bond donors (Lipinski definition) is 1. The molecular weight excluding hydrogens is 178 g/mol. The maximum atomic E-state index is 5.43. The molecule has 14 heavy (non-hydrogen) atoms. The van der Waals surface area contributed by atoms with Crippen molar-refractivity contribution in [2.75, 3.05) is 20.3 Å². The number of ether oxygens (including phenoxy) is 2. The smallest absolute Gasteiger partial charge is 0.0724 e. The molecule has 3 heteroatoms. The van der Waals surface area contributed by atoms with Crippen molar-refractivity contribution >= 4 is 0 Å². The number of rotatable bonds is 6. The second-order valence-electron chi connectivity index (χ2n) is 4.04. The Kier molecular flexibility index (Phi) is 5.45. The molecule has 0 amide bonds. The zero-order valence-corrected chi connectivity index (χ0v) is 9.58. The Morgan fingerprint density at radius 1 is 1.43 bits per heavy atom. The fourth-order valence-electron chi connectivity index (χ4n) is 2.11. The topological polar surface area (TPSA) is 30.5 Å². The number of methoxy groups -OCH3 is 1. The average molecular weight is 201 g/mol. The third-order valence-corrected chi connectivity index (χ3v) is 2.83. The van der Waals surface area contributed by atoms with Gasteiger partial charge >= 0.3 is 0 Å². The van der Waals surface area contributed by atoms with E-state index in [0.29, 0.717) is 18.2 Å². The number of hydrogen-bond acceptors (Lipinski definition) is 3. The summed E-state index contributed by atoms with van der Waals surface area (Å²) >= 11 is 0. The zero-order chi connectivity index (χ0) is 10.4. The summed E-state index contributed by atoms with van der Waals surface area (Å²) in [5.41, 5.74) is 0. The molecule has 84 valence electrons. The Balaban J connectivity index is 2.21. The predicted octanol–water partition coefficient (Wildman–Crippen LogP) is 1.57. The predicted molar refractivity (Wildman–Crippen MR) is 57.5 cm³/mol. The van der Waals surface area contributed by atoms with E-state index in [-0.39, 0.29) is 0 Å². The quantitative estimate of drug-likeness (QED) is 0.707. The molecule has 1 aliphatic carbocycles. The zero-order valence-electron chi connectivity index (χ0n) is 9.58. The minimum atomic E-state index is 0.402. The second-order valence-corrected chi connectivity index (χ2v) is 4.04. The molecule has 1 saturated carbocycles. The molecule has 0 saturated heterocycles. The highest BCUT2D eigenvalue weighted by atomic mass is 16.5. The van der Waals surface area contributed by atoms with Crippen molar-refractivity contribution in [3.05, 3.63) is 0 Å². The summed E-state index contributed by atoms with van der Waals surface area (Å²) in [6.45, 7) is 5.79. The van der Waals surface area contributed by atoms with Gasteiger partial charge in [-0.1, -0.05) is 0 Å². The highest BCUT2D eigenvalue weighted by molar-refractivity contribution is 4.85. The average Bonchev–Trinajstić information content (AvgIpc) is 2.62. The third-order valence-electron chi connectivity index (χ3n) is 2.83. The van der Waals surface area contributed by atoms with E-state index in [1.807, 2.05) is 6.92 Å². The molecule has 1 fully saturated rings. The van der Waals surface area contributed by atoms with Crippen LogP contribution in [0.25, 0.3) is 0 Å². The van der Waals surface area contributed by atoms with Crippen molar-refractivity contribution in [1.29, 1.82) is 0 Å². The van der Waals surface area contributed by atoms with Crippen LogP contribution in [0.3, 0.4) is 0 Å². The van der Waals surface area contributed by atoms with Crippen LogP contribution < -0.4 is 5.32 Å². The maximum Gasteiger partial charge on any atom is 0.0724 e. The highest BCUT2D eigenvalue weighted by Crippen LogP contribution is 2.21. The molecular formula is C11H23NO2. The van der Waals surface area contributed by atoms with Crippen molar-refractivity contribution in [3.63, 3.8) is 0 Å². The van der Waals surface area contributed by atoms with Crippen LogP contribution in [-0.4, -0.2) is 38.5 Å². The summed E-state index contributed by atoms with van der Waals surface area (Å²) in [5, 5.41) is 3.56. The largest absolute Gasteiger partial charge is 0.380 e. The van der Waals surface area contributed by atoms with Crippen LogP contribution in [0.4, 0.5) is 0 Å². The summed E-state index contributed by atoms with van der Waals surface area (Å²) < 4.78 is 10.8. The lowest BCUT2D eigenvalue weighted by atomic mass is 10.2. The van der Waals surface area contributed by atoms with Gasteiger partial charge in [0, 0.05) is 25.8 Å². The van der Waals surface area contributed by atoms with Gasteiger partial charge < -0.3 is 14.8 Å². The molecule has 0 aromatic heterocycles. The van der Waals surface area contributed by atoms with E-state index in [1.54, 1.807) is 7.11 Å². The Morgan fingerprint density at radius 3 is 2.86 bits per heavy atom. The first kappa shape index (κ1) is 12.0. The number of nitrogens with one attached hydrogen (secondary N) is 1. The summed E-state index contributed by atoms with van der Waals surface area (Å²) in [7, 11) is 1.80. The summed E-state index contributed by atoms with van der Waals surface area (Å²) in [6.07, 6.45) is 4.10. The fraction of sp³-hybridized carbons (Fsp3) is 1.00. The van der Waals surface area contributed by atoms with Gasteiger partial charge in [0.25, 0.3) is 0 Å². The summed E-state index contributed by atoms with van der Waals surface area (Å²) in [5.74, 6) is 0. The first-order valence-corrected chi connectivity index (χ1v) is 5.64. The van der Waals surface area contributed by atoms with Gasteiger partial charge in [0.1, 0.15) is 0 Å². The van der Waals surface area contributed by atoms with E-state index in [2.05, 4.69) is 12.2 Å². The van der Waals surface area contributed by atoms with Crippen LogP contribution >= 0.6 is 0 Å². The lowest BCUT2D eigenvalue weighted by Crippen LogP contribution is -2.43.